The Kier molecular flexibility index (Phi) is 6.49. The smallest absolute Gasteiger partial charge is 0.313 e. The van der Waals surface area contributed by atoms with Gasteiger partial charge in [-0.25, -0.2) is 0 Å². The predicted molar refractivity (Wildman–Crippen MR) is 72.9 cm³/mol. The number of piperazine rings is 1. The molecule has 1 N–H and O–H groups in total. The SMILES string of the molecule is CCC(C)N1CCN(C(=O)CSCC(=O)O)CC1. The van der Waals surface area contributed by atoms with E-state index in [9.17, 15) is 9.59 Å². The first-order valence-electron chi connectivity index (χ1n) is 6.36. The Morgan fingerprint density at radius 2 is 1.83 bits per heavy atom. The van der Waals surface area contributed by atoms with E-state index in [2.05, 4.69) is 18.7 Å². The fourth-order valence-electron chi connectivity index (χ4n) is 1.99. The highest BCUT2D eigenvalue weighted by Gasteiger charge is 2.23. The minimum atomic E-state index is -0.866. The lowest BCUT2D eigenvalue weighted by Crippen LogP contribution is -2.51. The quantitative estimate of drug-likeness (QED) is 0.774. The van der Waals surface area contributed by atoms with E-state index in [0.29, 0.717) is 6.04 Å². The molecule has 104 valence electrons. The number of nitrogens with zero attached hydrogens (tertiary/aromatic N) is 2. The van der Waals surface area contributed by atoms with Crippen molar-refractivity contribution in [2.24, 2.45) is 0 Å². The highest BCUT2D eigenvalue weighted by atomic mass is 32.2. The summed E-state index contributed by atoms with van der Waals surface area (Å²) in [7, 11) is 0. The molecular weight excluding hydrogens is 252 g/mol. The molecule has 0 aromatic rings. The Morgan fingerprint density at radius 1 is 1.22 bits per heavy atom. The fourth-order valence-corrected chi connectivity index (χ4v) is 2.62. The van der Waals surface area contributed by atoms with E-state index in [1.54, 1.807) is 0 Å². The lowest BCUT2D eigenvalue weighted by atomic mass is 10.2. The van der Waals surface area contributed by atoms with Crippen molar-refractivity contribution < 1.29 is 14.7 Å². The third-order valence-electron chi connectivity index (χ3n) is 3.33. The number of aliphatic carboxylic acids is 1. The average molecular weight is 274 g/mol. The summed E-state index contributed by atoms with van der Waals surface area (Å²) in [5.74, 6) is -0.534. The molecule has 0 aromatic carbocycles. The largest absolute Gasteiger partial charge is 0.481 e. The van der Waals surface area contributed by atoms with Crippen molar-refractivity contribution in [3.05, 3.63) is 0 Å². The van der Waals surface area contributed by atoms with Crippen molar-refractivity contribution in [2.75, 3.05) is 37.7 Å². The third-order valence-corrected chi connectivity index (χ3v) is 4.23. The third kappa shape index (κ3) is 4.86. The first-order chi connectivity index (χ1) is 8.54. The van der Waals surface area contributed by atoms with E-state index >= 15 is 0 Å². The van der Waals surface area contributed by atoms with Gasteiger partial charge in [0.2, 0.25) is 5.91 Å². The molecule has 1 aliphatic rings. The maximum Gasteiger partial charge on any atom is 0.313 e. The molecule has 1 saturated heterocycles. The van der Waals surface area contributed by atoms with E-state index in [1.165, 1.54) is 11.8 Å². The Morgan fingerprint density at radius 3 is 2.33 bits per heavy atom. The summed E-state index contributed by atoms with van der Waals surface area (Å²) in [5, 5.41) is 8.51. The molecule has 5 nitrogen and oxygen atoms in total. The van der Waals surface area contributed by atoms with Gasteiger partial charge in [0.05, 0.1) is 11.5 Å². The van der Waals surface area contributed by atoms with Crippen LogP contribution in [0.3, 0.4) is 0 Å². The monoisotopic (exact) mass is 274 g/mol. The number of thioether (sulfide) groups is 1. The van der Waals surface area contributed by atoms with Crippen LogP contribution in [-0.4, -0.2) is 70.5 Å². The minimum absolute atomic E-state index is 0.00141. The molecule has 1 amide bonds. The first kappa shape index (κ1) is 15.3. The van der Waals surface area contributed by atoms with Crippen molar-refractivity contribution in [2.45, 2.75) is 26.3 Å². The number of carboxylic acid groups (broad SMARTS) is 1. The summed E-state index contributed by atoms with van der Waals surface area (Å²) in [6, 6.07) is 0.573. The second kappa shape index (κ2) is 7.63. The molecule has 1 heterocycles. The zero-order valence-electron chi connectivity index (χ0n) is 11.1. The van der Waals surface area contributed by atoms with Gasteiger partial charge in [-0.05, 0) is 13.3 Å². The minimum Gasteiger partial charge on any atom is -0.481 e. The summed E-state index contributed by atoms with van der Waals surface area (Å²) in [6.45, 7) is 7.74. The summed E-state index contributed by atoms with van der Waals surface area (Å²) >= 11 is 1.17. The number of carbonyl (C=O) groups excluding carboxylic acids is 1. The van der Waals surface area contributed by atoms with Gasteiger partial charge in [-0.3, -0.25) is 14.5 Å². The molecule has 1 atom stereocenters. The first-order valence-corrected chi connectivity index (χ1v) is 7.51. The van der Waals surface area contributed by atoms with Crippen molar-refractivity contribution in [3.63, 3.8) is 0 Å². The Hall–Kier alpha value is -0.750. The van der Waals surface area contributed by atoms with Crippen LogP contribution in [0.5, 0.6) is 0 Å². The summed E-state index contributed by atoms with van der Waals surface area (Å²) < 4.78 is 0. The van der Waals surface area contributed by atoms with Crippen LogP contribution in [0.25, 0.3) is 0 Å². The van der Waals surface area contributed by atoms with Gasteiger partial charge in [0.15, 0.2) is 0 Å². The van der Waals surface area contributed by atoms with Gasteiger partial charge >= 0.3 is 5.97 Å². The molecule has 1 fully saturated rings. The van der Waals surface area contributed by atoms with Crippen LogP contribution in [0.15, 0.2) is 0 Å². The summed E-state index contributed by atoms with van der Waals surface area (Å²) in [4.78, 5) is 26.4. The van der Waals surface area contributed by atoms with Gasteiger partial charge < -0.3 is 10.0 Å². The van der Waals surface area contributed by atoms with Crippen molar-refractivity contribution in [1.82, 2.24) is 9.80 Å². The Balaban J connectivity index is 2.25. The molecule has 1 aliphatic heterocycles. The van der Waals surface area contributed by atoms with Gasteiger partial charge in [0.1, 0.15) is 0 Å². The highest BCUT2D eigenvalue weighted by molar-refractivity contribution is 8.00. The summed E-state index contributed by atoms with van der Waals surface area (Å²) in [5.41, 5.74) is 0. The molecule has 0 bridgehead atoms. The number of carboxylic acids is 1. The van der Waals surface area contributed by atoms with Crippen molar-refractivity contribution in [3.8, 4) is 0 Å². The van der Waals surface area contributed by atoms with Crippen LogP contribution in [0.2, 0.25) is 0 Å². The zero-order valence-corrected chi connectivity index (χ0v) is 11.9. The molecule has 1 rings (SSSR count). The molecule has 0 aromatic heterocycles. The van der Waals surface area contributed by atoms with Gasteiger partial charge in [-0.1, -0.05) is 6.92 Å². The molecule has 1 unspecified atom stereocenters. The lowest BCUT2D eigenvalue weighted by Gasteiger charge is -2.37. The van der Waals surface area contributed by atoms with Crippen LogP contribution in [0, 0.1) is 0 Å². The molecular formula is C12H22N2O3S. The van der Waals surface area contributed by atoms with Crippen molar-refractivity contribution in [1.29, 1.82) is 0 Å². The van der Waals surface area contributed by atoms with Crippen LogP contribution in [0.4, 0.5) is 0 Å². The van der Waals surface area contributed by atoms with Crippen molar-refractivity contribution >= 4 is 23.6 Å². The van der Waals surface area contributed by atoms with Crippen LogP contribution in [0.1, 0.15) is 20.3 Å². The van der Waals surface area contributed by atoms with E-state index in [-0.39, 0.29) is 17.4 Å². The average Bonchev–Trinajstić information content (AvgIpc) is 2.37. The fraction of sp³-hybridized carbons (Fsp3) is 0.833. The van der Waals surface area contributed by atoms with Crippen LogP contribution < -0.4 is 0 Å². The Bertz CT molecular complexity index is 291. The highest BCUT2D eigenvalue weighted by Crippen LogP contribution is 2.10. The van der Waals surface area contributed by atoms with Gasteiger partial charge in [0.25, 0.3) is 0 Å². The topological polar surface area (TPSA) is 60.9 Å². The maximum absolute atomic E-state index is 11.8. The molecule has 6 heteroatoms. The Labute approximate surface area is 113 Å². The number of rotatable bonds is 6. The standard InChI is InChI=1S/C12H22N2O3S/c1-3-10(2)13-4-6-14(7-5-13)11(15)8-18-9-12(16)17/h10H,3-9H2,1-2H3,(H,16,17). The van der Waals surface area contributed by atoms with Crippen LogP contribution >= 0.6 is 11.8 Å². The normalized spacial score (nSPS) is 18.7. The van der Waals surface area contributed by atoms with E-state index in [4.69, 9.17) is 5.11 Å². The molecule has 18 heavy (non-hydrogen) atoms. The second-order valence-corrected chi connectivity index (χ2v) is 5.55. The van der Waals surface area contributed by atoms with Crippen LogP contribution in [-0.2, 0) is 9.59 Å². The number of hydrogen-bond acceptors (Lipinski definition) is 4. The van der Waals surface area contributed by atoms with E-state index in [1.807, 2.05) is 4.90 Å². The molecule has 0 radical (unpaired) electrons. The number of amides is 1. The van der Waals surface area contributed by atoms with Gasteiger partial charge in [-0.15, -0.1) is 11.8 Å². The van der Waals surface area contributed by atoms with Gasteiger partial charge in [0, 0.05) is 32.2 Å². The number of hydrogen-bond donors (Lipinski definition) is 1. The predicted octanol–water partition coefficient (Wildman–Crippen LogP) is 0.747. The molecule has 0 saturated carbocycles. The van der Waals surface area contributed by atoms with E-state index < -0.39 is 5.97 Å². The maximum atomic E-state index is 11.8. The van der Waals surface area contributed by atoms with Gasteiger partial charge in [-0.2, -0.15) is 0 Å². The summed E-state index contributed by atoms with van der Waals surface area (Å²) in [6.07, 6.45) is 1.13. The molecule has 0 aliphatic carbocycles. The lowest BCUT2D eigenvalue weighted by molar-refractivity contribution is -0.133. The second-order valence-electron chi connectivity index (χ2n) is 4.56. The zero-order chi connectivity index (χ0) is 13.5. The molecule has 0 spiro atoms. The van der Waals surface area contributed by atoms with E-state index in [0.717, 1.165) is 32.6 Å². The number of carbonyl (C=O) groups is 2.